The van der Waals surface area contributed by atoms with Gasteiger partial charge < -0.3 is 24.4 Å². The number of methoxy groups -OCH3 is 3. The Labute approximate surface area is 231 Å². The highest BCUT2D eigenvalue weighted by Gasteiger charge is 2.21. The lowest BCUT2D eigenvalue weighted by Crippen LogP contribution is -2.33. The molecule has 0 aliphatic carbocycles. The zero-order chi connectivity index (χ0) is 27.6. The maximum Gasteiger partial charge on any atom is 0.228 e. The molecular weight excluding hydrogens is 492 g/mol. The van der Waals surface area contributed by atoms with Crippen molar-refractivity contribution in [3.63, 3.8) is 0 Å². The first kappa shape index (κ1) is 28.2. The highest BCUT2D eigenvalue weighted by Crippen LogP contribution is 2.30. The number of likely N-dealkylation sites (tertiary alicyclic amines) is 1. The van der Waals surface area contributed by atoms with Gasteiger partial charge in [0.2, 0.25) is 5.91 Å². The maximum absolute atomic E-state index is 12.8. The smallest absolute Gasteiger partial charge is 0.228 e. The first-order chi connectivity index (χ1) is 19.0. The van der Waals surface area contributed by atoms with E-state index in [2.05, 4.69) is 22.3 Å². The first-order valence-corrected chi connectivity index (χ1v) is 13.5. The van der Waals surface area contributed by atoms with Crippen LogP contribution in [0.1, 0.15) is 53.1 Å². The molecule has 7 heteroatoms. The summed E-state index contributed by atoms with van der Waals surface area (Å²) < 4.78 is 15.9. The van der Waals surface area contributed by atoms with Crippen molar-refractivity contribution in [3.05, 3.63) is 83.4 Å². The molecule has 0 bridgehead atoms. The standard InChI is InChI=1S/C32H38N2O5/c1-37-27-10-4-7-23(19-27)20-32(36)33-26-9-5-8-25(21-26)24-14-17-34(18-15-24)16-6-11-30(35)29-13-12-28(38-2)22-31(29)39-3/h4-5,7-10,12-13,19,21-22,24H,6,11,14-18,20H2,1-3H3,(H,33,36). The molecule has 0 unspecified atom stereocenters. The minimum absolute atomic E-state index is 0.0444. The highest BCUT2D eigenvalue weighted by molar-refractivity contribution is 5.98. The van der Waals surface area contributed by atoms with Crippen LogP contribution in [-0.2, 0) is 11.2 Å². The maximum atomic E-state index is 12.8. The van der Waals surface area contributed by atoms with Gasteiger partial charge in [-0.2, -0.15) is 0 Å². The van der Waals surface area contributed by atoms with E-state index >= 15 is 0 Å². The zero-order valence-corrected chi connectivity index (χ0v) is 23.1. The Balaban J connectivity index is 1.23. The number of piperidine rings is 1. The third kappa shape index (κ3) is 7.83. The van der Waals surface area contributed by atoms with Crippen molar-refractivity contribution in [2.45, 2.75) is 38.0 Å². The topological polar surface area (TPSA) is 77.1 Å². The van der Waals surface area contributed by atoms with Gasteiger partial charge in [-0.3, -0.25) is 9.59 Å². The molecular formula is C32H38N2O5. The van der Waals surface area contributed by atoms with Crippen molar-refractivity contribution in [1.82, 2.24) is 4.90 Å². The Morgan fingerprint density at radius 3 is 2.36 bits per heavy atom. The first-order valence-electron chi connectivity index (χ1n) is 13.5. The van der Waals surface area contributed by atoms with Crippen LogP contribution in [0.5, 0.6) is 17.2 Å². The van der Waals surface area contributed by atoms with Gasteiger partial charge >= 0.3 is 0 Å². The summed E-state index contributed by atoms with van der Waals surface area (Å²) in [5, 5.41) is 3.04. The number of rotatable bonds is 12. The fourth-order valence-electron chi connectivity index (χ4n) is 5.16. The third-order valence-corrected chi connectivity index (χ3v) is 7.32. The second kappa shape index (κ2) is 13.8. The summed E-state index contributed by atoms with van der Waals surface area (Å²) in [7, 11) is 4.79. The van der Waals surface area contributed by atoms with Crippen LogP contribution in [0.4, 0.5) is 5.69 Å². The quantitative estimate of drug-likeness (QED) is 0.301. The number of Topliss-reactive ketones (excluding diaryl/α,β-unsaturated/α-hetero) is 1. The van der Waals surface area contributed by atoms with Crippen molar-refractivity contribution < 1.29 is 23.8 Å². The Morgan fingerprint density at radius 1 is 0.872 bits per heavy atom. The molecule has 1 saturated heterocycles. The van der Waals surface area contributed by atoms with Crippen LogP contribution in [-0.4, -0.2) is 57.6 Å². The molecule has 1 aliphatic rings. The molecule has 3 aromatic rings. The van der Waals surface area contributed by atoms with Crippen molar-refractivity contribution in [2.75, 3.05) is 46.3 Å². The van der Waals surface area contributed by atoms with Crippen LogP contribution in [0, 0.1) is 0 Å². The molecule has 1 N–H and O–H groups in total. The second-order valence-electron chi connectivity index (χ2n) is 9.91. The number of carbonyl (C=O) groups excluding carboxylic acids is 2. The lowest BCUT2D eigenvalue weighted by Gasteiger charge is -2.32. The highest BCUT2D eigenvalue weighted by atomic mass is 16.5. The van der Waals surface area contributed by atoms with Crippen LogP contribution < -0.4 is 19.5 Å². The summed E-state index contributed by atoms with van der Waals surface area (Å²) in [4.78, 5) is 27.8. The molecule has 0 saturated carbocycles. The average Bonchev–Trinajstić information content (AvgIpc) is 2.97. The van der Waals surface area contributed by atoms with Crippen LogP contribution >= 0.6 is 0 Å². The number of hydrogen-bond acceptors (Lipinski definition) is 6. The van der Waals surface area contributed by atoms with E-state index in [-0.39, 0.29) is 11.7 Å². The predicted octanol–water partition coefficient (Wildman–Crippen LogP) is 5.74. The van der Waals surface area contributed by atoms with Crippen molar-refractivity contribution in [3.8, 4) is 17.2 Å². The Morgan fingerprint density at radius 2 is 1.62 bits per heavy atom. The Hall–Kier alpha value is -3.84. The van der Waals surface area contributed by atoms with E-state index in [1.165, 1.54) is 5.56 Å². The number of benzene rings is 3. The number of amides is 1. The molecule has 0 aromatic heterocycles. The van der Waals surface area contributed by atoms with E-state index in [4.69, 9.17) is 14.2 Å². The fraction of sp³-hybridized carbons (Fsp3) is 0.375. The van der Waals surface area contributed by atoms with Crippen LogP contribution in [0.2, 0.25) is 0 Å². The van der Waals surface area contributed by atoms with Crippen molar-refractivity contribution in [1.29, 1.82) is 0 Å². The molecule has 4 rings (SSSR count). The van der Waals surface area contributed by atoms with Crippen molar-refractivity contribution in [2.24, 2.45) is 0 Å². The van der Waals surface area contributed by atoms with E-state index in [0.717, 1.165) is 55.9 Å². The van der Waals surface area contributed by atoms with Crippen molar-refractivity contribution >= 4 is 17.4 Å². The number of anilines is 1. The summed E-state index contributed by atoms with van der Waals surface area (Å²) in [5.41, 5.74) is 3.61. The van der Waals surface area contributed by atoms with Gasteiger partial charge in [0.15, 0.2) is 5.78 Å². The average molecular weight is 531 g/mol. The molecule has 7 nitrogen and oxygen atoms in total. The summed E-state index contributed by atoms with van der Waals surface area (Å²) >= 11 is 0. The van der Waals surface area contributed by atoms with E-state index in [1.807, 2.05) is 36.4 Å². The zero-order valence-electron chi connectivity index (χ0n) is 23.1. The van der Waals surface area contributed by atoms with Gasteiger partial charge in [0.05, 0.1) is 33.3 Å². The lowest BCUT2D eigenvalue weighted by molar-refractivity contribution is -0.115. The van der Waals surface area contributed by atoms with Gasteiger partial charge in [0.1, 0.15) is 17.2 Å². The molecule has 1 heterocycles. The summed E-state index contributed by atoms with van der Waals surface area (Å²) in [6, 6.07) is 21.1. The second-order valence-corrected chi connectivity index (χ2v) is 9.91. The normalized spacial score (nSPS) is 14.0. The third-order valence-electron chi connectivity index (χ3n) is 7.32. The molecule has 0 spiro atoms. The number of ether oxygens (including phenoxy) is 3. The van der Waals surface area contributed by atoms with Crippen LogP contribution in [0.3, 0.4) is 0 Å². The number of nitrogens with zero attached hydrogens (tertiary/aromatic N) is 1. The van der Waals surface area contributed by atoms with E-state index in [1.54, 1.807) is 39.5 Å². The summed E-state index contributed by atoms with van der Waals surface area (Å²) in [5.74, 6) is 2.48. The molecule has 1 fully saturated rings. The molecule has 0 atom stereocenters. The van der Waals surface area contributed by atoms with Crippen LogP contribution in [0.15, 0.2) is 66.7 Å². The fourth-order valence-corrected chi connectivity index (χ4v) is 5.16. The van der Waals surface area contributed by atoms with E-state index in [0.29, 0.717) is 35.8 Å². The monoisotopic (exact) mass is 530 g/mol. The van der Waals surface area contributed by atoms with Gasteiger partial charge in [-0.05, 0) is 92.3 Å². The Kier molecular flexibility index (Phi) is 9.97. The van der Waals surface area contributed by atoms with Gasteiger partial charge in [-0.1, -0.05) is 24.3 Å². The Bertz CT molecular complexity index is 1270. The van der Waals surface area contributed by atoms with Crippen LogP contribution in [0.25, 0.3) is 0 Å². The van der Waals surface area contributed by atoms with E-state index in [9.17, 15) is 9.59 Å². The predicted molar refractivity (Wildman–Crippen MR) is 153 cm³/mol. The summed E-state index contributed by atoms with van der Waals surface area (Å²) in [6.45, 7) is 2.89. The summed E-state index contributed by atoms with van der Waals surface area (Å²) in [6.07, 6.45) is 3.71. The molecule has 206 valence electrons. The lowest BCUT2D eigenvalue weighted by atomic mass is 9.89. The largest absolute Gasteiger partial charge is 0.497 e. The number of ketones is 1. The molecule has 39 heavy (non-hydrogen) atoms. The molecule has 3 aromatic carbocycles. The number of nitrogens with one attached hydrogen (secondary N) is 1. The molecule has 1 aliphatic heterocycles. The minimum atomic E-state index is -0.0444. The molecule has 0 radical (unpaired) electrons. The SMILES string of the molecule is COc1cccc(CC(=O)Nc2cccc(C3CCN(CCCC(=O)c4ccc(OC)cc4OC)CC3)c2)c1. The number of hydrogen-bond donors (Lipinski definition) is 1. The van der Waals surface area contributed by atoms with Gasteiger partial charge in [0.25, 0.3) is 0 Å². The van der Waals surface area contributed by atoms with Gasteiger partial charge in [-0.15, -0.1) is 0 Å². The molecule has 1 amide bonds. The minimum Gasteiger partial charge on any atom is -0.497 e. The van der Waals surface area contributed by atoms with E-state index < -0.39 is 0 Å². The van der Waals surface area contributed by atoms with Gasteiger partial charge in [-0.25, -0.2) is 0 Å². The number of carbonyl (C=O) groups is 2. The van der Waals surface area contributed by atoms with Gasteiger partial charge in [0, 0.05) is 18.2 Å².